The number of hydrogen-bond donors (Lipinski definition) is 1. The number of aromatic nitrogens is 1. The minimum Gasteiger partial charge on any atom is -0.381 e. The average molecular weight is 342 g/mol. The average Bonchev–Trinajstić information content (AvgIpc) is 2.47. The van der Waals surface area contributed by atoms with E-state index in [1.165, 1.54) is 0 Å². The van der Waals surface area contributed by atoms with Gasteiger partial charge in [-0.1, -0.05) is 0 Å². The number of nitrogens with zero attached hydrogens (tertiary/aromatic N) is 2. The van der Waals surface area contributed by atoms with Crippen molar-refractivity contribution in [3.63, 3.8) is 0 Å². The van der Waals surface area contributed by atoms with Gasteiger partial charge >= 0.3 is 0 Å². The summed E-state index contributed by atoms with van der Waals surface area (Å²) in [5.41, 5.74) is 0.584. The van der Waals surface area contributed by atoms with E-state index in [0.29, 0.717) is 23.8 Å². The standard InChI is InChI=1S/C14H20BrN3O2/c1-16-13-12(6-11(15)7-17-13)14(19)18(2)8-10-4-3-5-20-9-10/h6-7,10H,3-5,8-9H2,1-2H3,(H,16,17). The Morgan fingerprint density at radius 2 is 2.45 bits per heavy atom. The molecule has 1 fully saturated rings. The first-order valence-electron chi connectivity index (χ1n) is 6.78. The molecule has 1 unspecified atom stereocenters. The normalized spacial score (nSPS) is 18.6. The van der Waals surface area contributed by atoms with Crippen molar-refractivity contribution in [2.24, 2.45) is 5.92 Å². The van der Waals surface area contributed by atoms with E-state index in [-0.39, 0.29) is 5.91 Å². The Balaban J connectivity index is 2.07. The van der Waals surface area contributed by atoms with Crippen molar-refractivity contribution in [1.82, 2.24) is 9.88 Å². The van der Waals surface area contributed by atoms with Crippen molar-refractivity contribution in [1.29, 1.82) is 0 Å². The highest BCUT2D eigenvalue weighted by atomic mass is 79.9. The van der Waals surface area contributed by atoms with Gasteiger partial charge in [0, 0.05) is 37.9 Å². The zero-order chi connectivity index (χ0) is 14.5. The fourth-order valence-electron chi connectivity index (χ4n) is 2.43. The van der Waals surface area contributed by atoms with E-state index in [0.717, 1.165) is 30.5 Å². The topological polar surface area (TPSA) is 54.5 Å². The second-order valence-corrected chi connectivity index (χ2v) is 5.98. The molecule has 1 aromatic rings. The van der Waals surface area contributed by atoms with Gasteiger partial charge in [-0.2, -0.15) is 0 Å². The Morgan fingerprint density at radius 3 is 3.10 bits per heavy atom. The van der Waals surface area contributed by atoms with E-state index < -0.39 is 0 Å². The van der Waals surface area contributed by atoms with E-state index in [2.05, 4.69) is 26.2 Å². The highest BCUT2D eigenvalue weighted by Crippen LogP contribution is 2.21. The number of anilines is 1. The lowest BCUT2D eigenvalue weighted by molar-refractivity contribution is 0.0388. The van der Waals surface area contributed by atoms with Crippen LogP contribution in [0.2, 0.25) is 0 Å². The molecule has 5 nitrogen and oxygen atoms in total. The predicted octanol–water partition coefficient (Wildman–Crippen LogP) is 2.38. The van der Waals surface area contributed by atoms with Gasteiger partial charge in [-0.05, 0) is 40.8 Å². The van der Waals surface area contributed by atoms with Crippen LogP contribution in [-0.2, 0) is 4.74 Å². The van der Waals surface area contributed by atoms with Crippen LogP contribution in [-0.4, -0.2) is 49.6 Å². The Hall–Kier alpha value is -1.14. The van der Waals surface area contributed by atoms with Crippen LogP contribution in [0.4, 0.5) is 5.82 Å². The van der Waals surface area contributed by atoms with Gasteiger partial charge in [-0.25, -0.2) is 4.98 Å². The van der Waals surface area contributed by atoms with E-state index in [1.54, 1.807) is 24.2 Å². The summed E-state index contributed by atoms with van der Waals surface area (Å²) in [5, 5.41) is 2.96. The molecule has 0 spiro atoms. The fourth-order valence-corrected chi connectivity index (χ4v) is 2.76. The minimum absolute atomic E-state index is 0.0197. The molecule has 2 rings (SSSR count). The zero-order valence-corrected chi connectivity index (χ0v) is 13.4. The summed E-state index contributed by atoms with van der Waals surface area (Å²) in [6, 6.07) is 1.80. The number of ether oxygens (including phenoxy) is 1. The van der Waals surface area contributed by atoms with Gasteiger partial charge in [0.2, 0.25) is 0 Å². The third-order valence-electron chi connectivity index (χ3n) is 3.45. The van der Waals surface area contributed by atoms with Crippen LogP contribution in [0.15, 0.2) is 16.7 Å². The number of rotatable bonds is 4. The van der Waals surface area contributed by atoms with Crippen molar-refractivity contribution >= 4 is 27.7 Å². The first-order chi connectivity index (χ1) is 9.61. The van der Waals surface area contributed by atoms with Gasteiger partial charge in [0.25, 0.3) is 5.91 Å². The lowest BCUT2D eigenvalue weighted by Gasteiger charge is -2.27. The molecule has 1 aromatic heterocycles. The van der Waals surface area contributed by atoms with Crippen LogP contribution in [0.25, 0.3) is 0 Å². The smallest absolute Gasteiger partial charge is 0.257 e. The van der Waals surface area contributed by atoms with E-state index in [9.17, 15) is 4.79 Å². The molecule has 1 amide bonds. The maximum absolute atomic E-state index is 12.5. The fraction of sp³-hybridized carbons (Fsp3) is 0.571. The van der Waals surface area contributed by atoms with Gasteiger partial charge in [-0.3, -0.25) is 4.79 Å². The van der Waals surface area contributed by atoms with Crippen LogP contribution >= 0.6 is 15.9 Å². The summed E-state index contributed by atoms with van der Waals surface area (Å²) in [7, 11) is 3.60. The Kier molecular flexibility index (Phi) is 5.37. The van der Waals surface area contributed by atoms with Gasteiger partial charge in [0.1, 0.15) is 5.82 Å². The molecule has 0 radical (unpaired) electrons. The molecule has 110 valence electrons. The van der Waals surface area contributed by atoms with Crippen molar-refractivity contribution < 1.29 is 9.53 Å². The molecule has 1 N–H and O–H groups in total. The molecule has 2 heterocycles. The monoisotopic (exact) mass is 341 g/mol. The third kappa shape index (κ3) is 3.70. The van der Waals surface area contributed by atoms with Crippen LogP contribution < -0.4 is 5.32 Å². The minimum atomic E-state index is -0.0197. The molecular weight excluding hydrogens is 322 g/mol. The summed E-state index contributed by atoms with van der Waals surface area (Å²) in [4.78, 5) is 18.5. The lowest BCUT2D eigenvalue weighted by atomic mass is 10.0. The maximum atomic E-state index is 12.5. The number of nitrogens with one attached hydrogen (secondary N) is 1. The lowest BCUT2D eigenvalue weighted by Crippen LogP contribution is -2.35. The molecule has 1 saturated heterocycles. The van der Waals surface area contributed by atoms with Gasteiger partial charge in [0.15, 0.2) is 0 Å². The van der Waals surface area contributed by atoms with E-state index in [1.807, 2.05) is 7.05 Å². The Bertz CT molecular complexity index is 475. The van der Waals surface area contributed by atoms with Gasteiger partial charge < -0.3 is 15.0 Å². The van der Waals surface area contributed by atoms with Crippen molar-refractivity contribution in [3.8, 4) is 0 Å². The second kappa shape index (κ2) is 7.04. The quantitative estimate of drug-likeness (QED) is 0.913. The van der Waals surface area contributed by atoms with E-state index in [4.69, 9.17) is 4.74 Å². The summed E-state index contributed by atoms with van der Waals surface area (Å²) in [6.07, 6.45) is 3.87. The van der Waals surface area contributed by atoms with E-state index >= 15 is 0 Å². The van der Waals surface area contributed by atoms with Crippen molar-refractivity contribution in [2.45, 2.75) is 12.8 Å². The van der Waals surface area contributed by atoms with Crippen LogP contribution in [0.5, 0.6) is 0 Å². The van der Waals surface area contributed by atoms with Crippen LogP contribution in [0.3, 0.4) is 0 Å². The van der Waals surface area contributed by atoms with Crippen LogP contribution in [0.1, 0.15) is 23.2 Å². The molecule has 0 aliphatic carbocycles. The van der Waals surface area contributed by atoms with Crippen molar-refractivity contribution in [3.05, 3.63) is 22.3 Å². The predicted molar refractivity (Wildman–Crippen MR) is 82.0 cm³/mol. The second-order valence-electron chi connectivity index (χ2n) is 5.07. The summed E-state index contributed by atoms with van der Waals surface area (Å²) < 4.78 is 6.26. The summed E-state index contributed by atoms with van der Waals surface area (Å²) in [6.45, 7) is 2.30. The molecule has 1 aliphatic rings. The van der Waals surface area contributed by atoms with Gasteiger partial charge in [0.05, 0.1) is 12.2 Å². The summed E-state index contributed by atoms with van der Waals surface area (Å²) in [5.74, 6) is 1.01. The van der Waals surface area contributed by atoms with Gasteiger partial charge in [-0.15, -0.1) is 0 Å². The number of carbonyl (C=O) groups is 1. The van der Waals surface area contributed by atoms with Crippen LogP contribution in [0, 0.1) is 5.92 Å². The molecule has 0 saturated carbocycles. The molecular formula is C14H20BrN3O2. The number of amides is 1. The summed E-state index contributed by atoms with van der Waals surface area (Å²) >= 11 is 3.36. The SMILES string of the molecule is CNc1ncc(Br)cc1C(=O)N(C)CC1CCCOC1. The Morgan fingerprint density at radius 1 is 1.65 bits per heavy atom. The molecule has 0 aromatic carbocycles. The Labute approximate surface area is 127 Å². The largest absolute Gasteiger partial charge is 0.381 e. The molecule has 20 heavy (non-hydrogen) atoms. The zero-order valence-electron chi connectivity index (χ0n) is 11.9. The van der Waals surface area contributed by atoms with Crippen molar-refractivity contribution in [2.75, 3.05) is 39.2 Å². The number of halogens is 1. The highest BCUT2D eigenvalue weighted by Gasteiger charge is 2.21. The first-order valence-corrected chi connectivity index (χ1v) is 7.57. The number of hydrogen-bond acceptors (Lipinski definition) is 4. The highest BCUT2D eigenvalue weighted by molar-refractivity contribution is 9.10. The third-order valence-corrected chi connectivity index (χ3v) is 3.89. The molecule has 1 atom stereocenters. The maximum Gasteiger partial charge on any atom is 0.257 e. The molecule has 6 heteroatoms. The number of pyridine rings is 1. The number of carbonyl (C=O) groups excluding carboxylic acids is 1. The first kappa shape index (κ1) is 15.3. The molecule has 1 aliphatic heterocycles. The molecule has 0 bridgehead atoms.